The standard InChI is InChI=1S/C8H16N2O/c1-8(4-2-7-11)10-6-3-5-9/h8,10-11H,2-4,6-7H2,1H3. The summed E-state index contributed by atoms with van der Waals surface area (Å²) in [6.07, 6.45) is 2.37. The SMILES string of the molecule is CC(CCCO)NCCC#N. The number of hydrogen-bond donors (Lipinski definition) is 2. The Labute approximate surface area is 68.0 Å². The lowest BCUT2D eigenvalue weighted by molar-refractivity contribution is 0.277. The lowest BCUT2D eigenvalue weighted by Gasteiger charge is -2.10. The maximum atomic E-state index is 8.51. The first kappa shape index (κ1) is 10.4. The Morgan fingerprint density at radius 1 is 1.64 bits per heavy atom. The Bertz CT molecular complexity index is 120. The molecule has 0 aliphatic carbocycles. The zero-order valence-electron chi connectivity index (χ0n) is 7.01. The van der Waals surface area contributed by atoms with Gasteiger partial charge in [-0.2, -0.15) is 5.26 Å². The van der Waals surface area contributed by atoms with Crippen molar-refractivity contribution in [2.45, 2.75) is 32.2 Å². The van der Waals surface area contributed by atoms with E-state index >= 15 is 0 Å². The number of nitrogens with one attached hydrogen (secondary N) is 1. The monoisotopic (exact) mass is 156 g/mol. The number of nitrogens with zero attached hydrogens (tertiary/aromatic N) is 1. The maximum Gasteiger partial charge on any atom is 0.0635 e. The maximum absolute atomic E-state index is 8.51. The van der Waals surface area contributed by atoms with E-state index in [-0.39, 0.29) is 6.61 Å². The van der Waals surface area contributed by atoms with Crippen molar-refractivity contribution in [1.29, 1.82) is 5.26 Å². The predicted octanol–water partition coefficient (Wildman–Crippen LogP) is 0.651. The van der Waals surface area contributed by atoms with Gasteiger partial charge in [-0.1, -0.05) is 0 Å². The van der Waals surface area contributed by atoms with Crippen molar-refractivity contribution in [2.24, 2.45) is 0 Å². The molecule has 0 fully saturated rings. The Balaban J connectivity index is 3.10. The van der Waals surface area contributed by atoms with Crippen LogP contribution in [0.4, 0.5) is 0 Å². The van der Waals surface area contributed by atoms with E-state index in [1.807, 2.05) is 0 Å². The summed E-state index contributed by atoms with van der Waals surface area (Å²) in [6.45, 7) is 3.07. The zero-order valence-corrected chi connectivity index (χ0v) is 7.01. The molecule has 0 aromatic carbocycles. The van der Waals surface area contributed by atoms with Crippen molar-refractivity contribution in [3.63, 3.8) is 0 Å². The molecular formula is C8H16N2O. The Morgan fingerprint density at radius 2 is 2.36 bits per heavy atom. The first-order chi connectivity index (χ1) is 5.31. The van der Waals surface area contributed by atoms with Gasteiger partial charge in [0, 0.05) is 25.6 Å². The molecule has 0 saturated heterocycles. The average Bonchev–Trinajstić information content (AvgIpc) is 2.01. The van der Waals surface area contributed by atoms with Crippen LogP contribution in [0.2, 0.25) is 0 Å². The van der Waals surface area contributed by atoms with Gasteiger partial charge in [0.2, 0.25) is 0 Å². The summed E-state index contributed by atoms with van der Waals surface area (Å²) in [6, 6.07) is 2.48. The smallest absolute Gasteiger partial charge is 0.0635 e. The molecule has 0 rings (SSSR count). The molecule has 0 bridgehead atoms. The van der Waals surface area contributed by atoms with E-state index in [2.05, 4.69) is 18.3 Å². The van der Waals surface area contributed by atoms with Gasteiger partial charge in [0.1, 0.15) is 0 Å². The highest BCUT2D eigenvalue weighted by molar-refractivity contribution is 4.71. The van der Waals surface area contributed by atoms with Crippen molar-refractivity contribution in [2.75, 3.05) is 13.2 Å². The molecule has 3 heteroatoms. The minimum absolute atomic E-state index is 0.254. The average molecular weight is 156 g/mol. The van der Waals surface area contributed by atoms with Crippen LogP contribution < -0.4 is 5.32 Å². The summed E-state index contributed by atoms with van der Waals surface area (Å²) in [5, 5.41) is 19.9. The highest BCUT2D eigenvalue weighted by Gasteiger charge is 1.98. The predicted molar refractivity (Wildman–Crippen MR) is 44.0 cm³/mol. The molecular weight excluding hydrogens is 140 g/mol. The summed E-state index contributed by atoms with van der Waals surface area (Å²) in [4.78, 5) is 0. The molecule has 0 aliphatic rings. The lowest BCUT2D eigenvalue weighted by atomic mass is 10.2. The zero-order chi connectivity index (χ0) is 8.53. The van der Waals surface area contributed by atoms with Crippen LogP contribution in [0.5, 0.6) is 0 Å². The summed E-state index contributed by atoms with van der Waals surface area (Å²) < 4.78 is 0. The van der Waals surface area contributed by atoms with Crippen LogP contribution >= 0.6 is 0 Å². The quantitative estimate of drug-likeness (QED) is 0.555. The molecule has 0 heterocycles. The molecule has 0 spiro atoms. The number of aliphatic hydroxyl groups excluding tert-OH is 1. The summed E-state index contributed by atoms with van der Waals surface area (Å²) in [7, 11) is 0. The Kier molecular flexibility index (Phi) is 7.11. The molecule has 1 atom stereocenters. The molecule has 3 nitrogen and oxygen atoms in total. The van der Waals surface area contributed by atoms with Gasteiger partial charge in [-0.3, -0.25) is 0 Å². The second kappa shape index (κ2) is 7.52. The topological polar surface area (TPSA) is 56.0 Å². The molecule has 0 saturated carbocycles. The van der Waals surface area contributed by atoms with Crippen LogP contribution in [-0.4, -0.2) is 24.3 Å². The van der Waals surface area contributed by atoms with Gasteiger partial charge < -0.3 is 10.4 Å². The van der Waals surface area contributed by atoms with Crippen LogP contribution in [0.25, 0.3) is 0 Å². The molecule has 0 amide bonds. The fraction of sp³-hybridized carbons (Fsp3) is 0.875. The van der Waals surface area contributed by atoms with Crippen molar-refractivity contribution in [3.8, 4) is 6.07 Å². The molecule has 64 valence electrons. The van der Waals surface area contributed by atoms with Crippen molar-refractivity contribution in [1.82, 2.24) is 5.32 Å². The number of rotatable bonds is 6. The van der Waals surface area contributed by atoms with Gasteiger partial charge in [-0.05, 0) is 19.8 Å². The lowest BCUT2D eigenvalue weighted by Crippen LogP contribution is -2.26. The largest absolute Gasteiger partial charge is 0.396 e. The first-order valence-electron chi connectivity index (χ1n) is 4.02. The normalized spacial score (nSPS) is 12.5. The number of aliphatic hydroxyl groups is 1. The third-order valence-corrected chi connectivity index (χ3v) is 1.52. The van der Waals surface area contributed by atoms with E-state index in [0.717, 1.165) is 19.4 Å². The highest BCUT2D eigenvalue weighted by Crippen LogP contribution is 1.94. The van der Waals surface area contributed by atoms with E-state index in [0.29, 0.717) is 12.5 Å². The molecule has 0 aromatic heterocycles. The van der Waals surface area contributed by atoms with Crippen molar-refractivity contribution >= 4 is 0 Å². The third kappa shape index (κ3) is 7.31. The second-order valence-corrected chi connectivity index (χ2v) is 2.63. The minimum Gasteiger partial charge on any atom is -0.396 e. The van der Waals surface area contributed by atoms with Gasteiger partial charge in [-0.15, -0.1) is 0 Å². The molecule has 0 aromatic rings. The number of hydrogen-bond acceptors (Lipinski definition) is 3. The molecule has 2 N–H and O–H groups in total. The van der Waals surface area contributed by atoms with Gasteiger partial charge in [0.15, 0.2) is 0 Å². The van der Waals surface area contributed by atoms with Crippen LogP contribution in [0.1, 0.15) is 26.2 Å². The van der Waals surface area contributed by atoms with Crippen molar-refractivity contribution < 1.29 is 5.11 Å². The summed E-state index contributed by atoms with van der Waals surface area (Å²) in [5.74, 6) is 0. The summed E-state index contributed by atoms with van der Waals surface area (Å²) in [5.41, 5.74) is 0. The van der Waals surface area contributed by atoms with Gasteiger partial charge in [-0.25, -0.2) is 0 Å². The van der Waals surface area contributed by atoms with Crippen LogP contribution in [0.15, 0.2) is 0 Å². The third-order valence-electron chi connectivity index (χ3n) is 1.52. The molecule has 0 aliphatic heterocycles. The molecule has 11 heavy (non-hydrogen) atoms. The van der Waals surface area contributed by atoms with Gasteiger partial charge in [0.05, 0.1) is 6.07 Å². The van der Waals surface area contributed by atoms with E-state index in [9.17, 15) is 0 Å². The van der Waals surface area contributed by atoms with Crippen LogP contribution in [0, 0.1) is 11.3 Å². The Hall–Kier alpha value is -0.590. The van der Waals surface area contributed by atoms with E-state index < -0.39 is 0 Å². The fourth-order valence-corrected chi connectivity index (χ4v) is 0.874. The van der Waals surface area contributed by atoms with Gasteiger partial charge >= 0.3 is 0 Å². The number of nitriles is 1. The minimum atomic E-state index is 0.254. The van der Waals surface area contributed by atoms with Crippen molar-refractivity contribution in [3.05, 3.63) is 0 Å². The van der Waals surface area contributed by atoms with E-state index in [4.69, 9.17) is 10.4 Å². The van der Waals surface area contributed by atoms with Crippen LogP contribution in [-0.2, 0) is 0 Å². The first-order valence-corrected chi connectivity index (χ1v) is 4.02. The molecule has 1 unspecified atom stereocenters. The van der Waals surface area contributed by atoms with Gasteiger partial charge in [0.25, 0.3) is 0 Å². The van der Waals surface area contributed by atoms with E-state index in [1.165, 1.54) is 0 Å². The summed E-state index contributed by atoms with van der Waals surface area (Å²) >= 11 is 0. The van der Waals surface area contributed by atoms with Crippen LogP contribution in [0.3, 0.4) is 0 Å². The second-order valence-electron chi connectivity index (χ2n) is 2.63. The van der Waals surface area contributed by atoms with E-state index in [1.54, 1.807) is 0 Å². The highest BCUT2D eigenvalue weighted by atomic mass is 16.2. The Morgan fingerprint density at radius 3 is 2.91 bits per heavy atom. The fourth-order valence-electron chi connectivity index (χ4n) is 0.874. The molecule has 0 radical (unpaired) electrons.